The van der Waals surface area contributed by atoms with Crippen LogP contribution in [-0.4, -0.2) is 17.1 Å². The molecule has 0 aliphatic carbocycles. The summed E-state index contributed by atoms with van der Waals surface area (Å²) in [5.74, 6) is 0. The number of hydrogen-bond acceptors (Lipinski definition) is 2. The quantitative estimate of drug-likeness (QED) is 0.562. The summed E-state index contributed by atoms with van der Waals surface area (Å²) in [6.07, 6.45) is 0. The van der Waals surface area contributed by atoms with Gasteiger partial charge >= 0.3 is 0 Å². The fourth-order valence-electron chi connectivity index (χ4n) is 0.877. The van der Waals surface area contributed by atoms with Gasteiger partial charge in [-0.2, -0.15) is 0 Å². The maximum Gasteiger partial charge on any atom is 0.0830 e. The number of aromatic nitrogens is 1. The smallest absolute Gasteiger partial charge is 0.0830 e. The maximum absolute atomic E-state index is 8.67. The van der Waals surface area contributed by atoms with Crippen molar-refractivity contribution in [3.8, 4) is 0 Å². The molecule has 10 heavy (non-hydrogen) atoms. The molecule has 3 N–H and O–H groups in total. The van der Waals surface area contributed by atoms with Gasteiger partial charge < -0.3 is 15.4 Å². The van der Waals surface area contributed by atoms with Crippen LogP contribution in [0.25, 0.3) is 0 Å². The van der Waals surface area contributed by atoms with Crippen LogP contribution in [-0.2, 0) is 13.2 Å². The third-order valence-electron chi connectivity index (χ3n) is 1.34. The Bertz CT molecular complexity index is 195. The van der Waals surface area contributed by atoms with Crippen LogP contribution in [0, 0.1) is 0 Å². The summed E-state index contributed by atoms with van der Waals surface area (Å²) in [5, 5.41) is 11.7. The van der Waals surface area contributed by atoms with Crippen LogP contribution < -0.4 is 5.32 Å². The molecule has 3 heteroatoms. The number of aromatic amines is 1. The minimum Gasteiger partial charge on any atom is -0.390 e. The van der Waals surface area contributed by atoms with Crippen molar-refractivity contribution in [2.75, 3.05) is 7.05 Å². The zero-order chi connectivity index (χ0) is 7.40. The van der Waals surface area contributed by atoms with Crippen molar-refractivity contribution in [3.63, 3.8) is 0 Å². The Morgan fingerprint density at radius 2 is 2.20 bits per heavy atom. The van der Waals surface area contributed by atoms with Crippen LogP contribution in [0.1, 0.15) is 11.4 Å². The molecule has 0 bridgehead atoms. The summed E-state index contributed by atoms with van der Waals surface area (Å²) >= 11 is 0. The first kappa shape index (κ1) is 7.31. The first-order chi connectivity index (χ1) is 4.86. The minimum atomic E-state index is 0.0870. The SMILES string of the molecule is CNCc1ccc(CO)[nH]1. The largest absolute Gasteiger partial charge is 0.390 e. The lowest BCUT2D eigenvalue weighted by Gasteiger charge is -1.93. The molecular formula is C7H12N2O. The first-order valence-electron chi connectivity index (χ1n) is 3.29. The van der Waals surface area contributed by atoms with E-state index in [1.54, 1.807) is 0 Å². The number of H-pyrrole nitrogens is 1. The van der Waals surface area contributed by atoms with Crippen molar-refractivity contribution in [3.05, 3.63) is 23.5 Å². The number of aliphatic hydroxyl groups is 1. The topological polar surface area (TPSA) is 48.0 Å². The molecule has 1 aromatic rings. The normalized spacial score (nSPS) is 10.2. The minimum absolute atomic E-state index is 0.0870. The van der Waals surface area contributed by atoms with E-state index in [-0.39, 0.29) is 6.61 Å². The number of aliphatic hydroxyl groups excluding tert-OH is 1. The van der Waals surface area contributed by atoms with Gasteiger partial charge in [-0.25, -0.2) is 0 Å². The first-order valence-corrected chi connectivity index (χ1v) is 3.29. The molecular weight excluding hydrogens is 128 g/mol. The molecule has 1 heterocycles. The summed E-state index contributed by atoms with van der Waals surface area (Å²) in [6.45, 7) is 0.906. The molecule has 0 aliphatic rings. The molecule has 3 nitrogen and oxygen atoms in total. The fraction of sp³-hybridized carbons (Fsp3) is 0.429. The van der Waals surface area contributed by atoms with Gasteiger partial charge in [0, 0.05) is 17.9 Å². The summed E-state index contributed by atoms with van der Waals surface area (Å²) in [4.78, 5) is 3.05. The second-order valence-electron chi connectivity index (χ2n) is 2.20. The van der Waals surface area contributed by atoms with Gasteiger partial charge in [0.15, 0.2) is 0 Å². The Kier molecular flexibility index (Phi) is 2.48. The third kappa shape index (κ3) is 1.59. The average molecular weight is 140 g/mol. The van der Waals surface area contributed by atoms with E-state index < -0.39 is 0 Å². The van der Waals surface area contributed by atoms with Gasteiger partial charge in [-0.3, -0.25) is 0 Å². The molecule has 0 saturated heterocycles. The standard InChI is InChI=1S/C7H12N2O/c1-8-4-6-2-3-7(5-10)9-6/h2-3,8-10H,4-5H2,1H3. The van der Waals surface area contributed by atoms with Crippen LogP contribution in [0.2, 0.25) is 0 Å². The summed E-state index contributed by atoms with van der Waals surface area (Å²) in [6, 6.07) is 3.84. The zero-order valence-electron chi connectivity index (χ0n) is 6.02. The summed E-state index contributed by atoms with van der Waals surface area (Å²) in [5.41, 5.74) is 1.97. The number of rotatable bonds is 3. The van der Waals surface area contributed by atoms with Crippen LogP contribution in [0.15, 0.2) is 12.1 Å². The van der Waals surface area contributed by atoms with E-state index in [4.69, 9.17) is 5.11 Å². The molecule has 0 amide bonds. The molecule has 1 rings (SSSR count). The van der Waals surface area contributed by atoms with Crippen LogP contribution in [0.3, 0.4) is 0 Å². The van der Waals surface area contributed by atoms with Crippen molar-refractivity contribution in [2.24, 2.45) is 0 Å². The van der Waals surface area contributed by atoms with Gasteiger partial charge in [0.05, 0.1) is 6.61 Å². The van der Waals surface area contributed by atoms with Gasteiger partial charge in [0.2, 0.25) is 0 Å². The molecule has 0 fully saturated rings. The molecule has 0 spiro atoms. The second kappa shape index (κ2) is 3.39. The van der Waals surface area contributed by atoms with Crippen molar-refractivity contribution in [1.82, 2.24) is 10.3 Å². The molecule has 0 radical (unpaired) electrons. The van der Waals surface area contributed by atoms with Crippen molar-refractivity contribution < 1.29 is 5.11 Å². The molecule has 0 atom stereocenters. The second-order valence-corrected chi connectivity index (χ2v) is 2.20. The highest BCUT2D eigenvalue weighted by atomic mass is 16.3. The number of nitrogens with one attached hydrogen (secondary N) is 2. The van der Waals surface area contributed by atoms with Crippen molar-refractivity contribution >= 4 is 0 Å². The van der Waals surface area contributed by atoms with Gasteiger partial charge in [-0.15, -0.1) is 0 Å². The Hall–Kier alpha value is -0.800. The molecule has 56 valence electrons. The molecule has 0 aliphatic heterocycles. The lowest BCUT2D eigenvalue weighted by molar-refractivity contribution is 0.277. The van der Waals surface area contributed by atoms with Crippen LogP contribution in [0.5, 0.6) is 0 Å². The Morgan fingerprint density at radius 1 is 1.50 bits per heavy atom. The fourth-order valence-corrected chi connectivity index (χ4v) is 0.877. The van der Waals surface area contributed by atoms with E-state index in [9.17, 15) is 0 Å². The van der Waals surface area contributed by atoms with Crippen LogP contribution >= 0.6 is 0 Å². The van der Waals surface area contributed by atoms with Crippen molar-refractivity contribution in [1.29, 1.82) is 0 Å². The Morgan fingerprint density at radius 3 is 2.70 bits per heavy atom. The lowest BCUT2D eigenvalue weighted by atomic mass is 10.4. The maximum atomic E-state index is 8.67. The van der Waals surface area contributed by atoms with E-state index in [0.29, 0.717) is 0 Å². The average Bonchev–Trinajstić information content (AvgIpc) is 2.37. The summed E-state index contributed by atoms with van der Waals surface area (Å²) < 4.78 is 0. The zero-order valence-corrected chi connectivity index (χ0v) is 6.02. The highest BCUT2D eigenvalue weighted by Crippen LogP contribution is 2.00. The molecule has 0 unspecified atom stereocenters. The Labute approximate surface area is 60.1 Å². The van der Waals surface area contributed by atoms with Crippen LogP contribution in [0.4, 0.5) is 0 Å². The summed E-state index contributed by atoms with van der Waals surface area (Å²) in [7, 11) is 1.89. The van der Waals surface area contributed by atoms with Gasteiger partial charge in [-0.05, 0) is 19.2 Å². The lowest BCUT2D eigenvalue weighted by Crippen LogP contribution is -2.05. The number of hydrogen-bond donors (Lipinski definition) is 3. The van der Waals surface area contributed by atoms with Gasteiger partial charge in [-0.1, -0.05) is 0 Å². The van der Waals surface area contributed by atoms with E-state index in [2.05, 4.69) is 10.3 Å². The molecule has 0 saturated carbocycles. The Balaban J connectivity index is 2.59. The highest BCUT2D eigenvalue weighted by Gasteiger charge is 1.94. The van der Waals surface area contributed by atoms with Gasteiger partial charge in [0.25, 0.3) is 0 Å². The van der Waals surface area contributed by atoms with Crippen molar-refractivity contribution in [2.45, 2.75) is 13.2 Å². The third-order valence-corrected chi connectivity index (χ3v) is 1.34. The molecule has 1 aromatic heterocycles. The predicted octanol–water partition coefficient (Wildman–Crippen LogP) is 0.226. The van der Waals surface area contributed by atoms with E-state index >= 15 is 0 Å². The van der Waals surface area contributed by atoms with Gasteiger partial charge in [0.1, 0.15) is 0 Å². The van der Waals surface area contributed by atoms with E-state index in [1.807, 2.05) is 19.2 Å². The predicted molar refractivity (Wildman–Crippen MR) is 39.5 cm³/mol. The highest BCUT2D eigenvalue weighted by molar-refractivity contribution is 5.11. The van der Waals surface area contributed by atoms with E-state index in [1.165, 1.54) is 0 Å². The monoisotopic (exact) mass is 140 g/mol. The van der Waals surface area contributed by atoms with E-state index in [0.717, 1.165) is 17.9 Å². The molecule has 0 aromatic carbocycles.